The van der Waals surface area contributed by atoms with Gasteiger partial charge in [0.2, 0.25) is 11.6 Å². The lowest BCUT2D eigenvalue weighted by atomic mass is 10.1. The summed E-state index contributed by atoms with van der Waals surface area (Å²) in [4.78, 5) is 4.27. The third-order valence-corrected chi connectivity index (χ3v) is 5.40. The van der Waals surface area contributed by atoms with Crippen LogP contribution in [0.15, 0.2) is 59.5 Å². The molecule has 36 heavy (non-hydrogen) atoms. The van der Waals surface area contributed by atoms with Crippen LogP contribution < -0.4 is 14.2 Å². The van der Waals surface area contributed by atoms with Crippen molar-refractivity contribution in [2.75, 3.05) is 0 Å². The monoisotopic (exact) mass is 498 g/mol. The fourth-order valence-corrected chi connectivity index (χ4v) is 3.62. The Morgan fingerprint density at radius 3 is 2.69 bits per heavy atom. The number of hydrogen-bond acceptors (Lipinski definition) is 7. The Labute approximate surface area is 203 Å². The van der Waals surface area contributed by atoms with Gasteiger partial charge < -0.3 is 18.6 Å². The number of hydrogen-bond donors (Lipinski definition) is 0. The van der Waals surface area contributed by atoms with Gasteiger partial charge in [0, 0.05) is 24.4 Å². The van der Waals surface area contributed by atoms with E-state index in [9.17, 15) is 13.2 Å². The number of benzene rings is 2. The van der Waals surface area contributed by atoms with Crippen molar-refractivity contribution in [1.29, 1.82) is 0 Å². The standard InChI is InChI=1S/C25H21F3N4O4/c26-23-18(6-10-21-24(23)36-25(27,28)35-21)7-11-22-30-19(16-34-22)15-33-20-8-4-17(5-9-20)3-1-2-13-32-14-12-29-31-32/h4-12,14,16H,1-3,13,15H2/b11-7+. The number of rotatable bonds is 10. The number of nitrogens with zero attached hydrogens (tertiary/aromatic N) is 4. The quantitative estimate of drug-likeness (QED) is 0.267. The molecule has 0 saturated carbocycles. The van der Waals surface area contributed by atoms with Crippen molar-refractivity contribution in [2.24, 2.45) is 0 Å². The van der Waals surface area contributed by atoms with Crippen LogP contribution in [-0.4, -0.2) is 26.3 Å². The fraction of sp³-hybridized carbons (Fsp3) is 0.240. The van der Waals surface area contributed by atoms with E-state index in [1.54, 1.807) is 6.20 Å². The molecule has 11 heteroatoms. The first-order valence-corrected chi connectivity index (χ1v) is 11.2. The summed E-state index contributed by atoms with van der Waals surface area (Å²) in [5, 5.41) is 7.74. The first kappa shape index (κ1) is 23.5. The van der Waals surface area contributed by atoms with Crippen LogP contribution in [0.5, 0.6) is 17.2 Å². The van der Waals surface area contributed by atoms with Gasteiger partial charge in [0.05, 0.1) is 6.20 Å². The highest BCUT2D eigenvalue weighted by Crippen LogP contribution is 2.43. The summed E-state index contributed by atoms with van der Waals surface area (Å²) >= 11 is 0. The zero-order chi connectivity index (χ0) is 25.0. The summed E-state index contributed by atoms with van der Waals surface area (Å²) in [5.74, 6) is -1.06. The lowest BCUT2D eigenvalue weighted by Gasteiger charge is -2.06. The number of alkyl halides is 2. The second-order valence-electron chi connectivity index (χ2n) is 8.03. The van der Waals surface area contributed by atoms with Crippen molar-refractivity contribution >= 4 is 12.2 Å². The van der Waals surface area contributed by atoms with Gasteiger partial charge in [-0.25, -0.2) is 9.37 Å². The zero-order valence-electron chi connectivity index (χ0n) is 18.9. The molecule has 2 aromatic heterocycles. The molecule has 3 heterocycles. The summed E-state index contributed by atoms with van der Waals surface area (Å²) in [6, 6.07) is 10.4. The van der Waals surface area contributed by atoms with Gasteiger partial charge in [-0.2, -0.15) is 0 Å². The Balaban J connectivity index is 1.10. The van der Waals surface area contributed by atoms with Crippen molar-refractivity contribution in [3.05, 3.63) is 83.6 Å². The smallest absolute Gasteiger partial charge is 0.487 e. The third kappa shape index (κ3) is 5.68. The lowest BCUT2D eigenvalue weighted by Crippen LogP contribution is -2.26. The van der Waals surface area contributed by atoms with E-state index in [1.165, 1.54) is 36.1 Å². The van der Waals surface area contributed by atoms with E-state index in [-0.39, 0.29) is 23.8 Å². The molecule has 186 valence electrons. The SMILES string of the molecule is Fc1c(/C=C/c2nc(COc3ccc(CCCCn4ccnn4)cc3)co2)ccc2c1OC(F)(F)O2. The van der Waals surface area contributed by atoms with Crippen molar-refractivity contribution in [1.82, 2.24) is 20.0 Å². The summed E-state index contributed by atoms with van der Waals surface area (Å²) in [5.41, 5.74) is 1.77. The molecule has 1 aliphatic heterocycles. The summed E-state index contributed by atoms with van der Waals surface area (Å²) in [6.45, 7) is 1.03. The maximum Gasteiger partial charge on any atom is 0.586 e. The van der Waals surface area contributed by atoms with Gasteiger partial charge in [0.1, 0.15) is 24.3 Å². The molecule has 0 fully saturated rings. The minimum absolute atomic E-state index is 0.0181. The second-order valence-corrected chi connectivity index (χ2v) is 8.03. The number of aromatic nitrogens is 4. The van der Waals surface area contributed by atoms with E-state index < -0.39 is 17.9 Å². The molecule has 0 saturated heterocycles. The molecule has 0 atom stereocenters. The molecule has 2 aromatic carbocycles. The van der Waals surface area contributed by atoms with Crippen LogP contribution in [0.25, 0.3) is 12.2 Å². The van der Waals surface area contributed by atoms with Crippen LogP contribution in [0.3, 0.4) is 0 Å². The minimum Gasteiger partial charge on any atom is -0.487 e. The van der Waals surface area contributed by atoms with E-state index >= 15 is 0 Å². The molecular weight excluding hydrogens is 477 g/mol. The number of oxazole rings is 1. The van der Waals surface area contributed by atoms with E-state index in [1.807, 2.05) is 35.1 Å². The molecule has 5 rings (SSSR count). The Hall–Kier alpha value is -4.28. The molecule has 0 N–H and O–H groups in total. The van der Waals surface area contributed by atoms with Crippen LogP contribution in [0.4, 0.5) is 13.2 Å². The van der Waals surface area contributed by atoms with Gasteiger partial charge in [0.15, 0.2) is 11.6 Å². The summed E-state index contributed by atoms with van der Waals surface area (Å²) < 4.78 is 62.1. The van der Waals surface area contributed by atoms with E-state index in [0.29, 0.717) is 11.4 Å². The number of halogens is 3. The highest BCUT2D eigenvalue weighted by molar-refractivity contribution is 5.68. The molecule has 0 radical (unpaired) electrons. The Bertz CT molecular complexity index is 1340. The average Bonchev–Trinajstić information content (AvgIpc) is 3.61. The number of ether oxygens (including phenoxy) is 3. The van der Waals surface area contributed by atoms with Crippen LogP contribution in [-0.2, 0) is 19.6 Å². The van der Waals surface area contributed by atoms with E-state index in [0.717, 1.165) is 25.8 Å². The Morgan fingerprint density at radius 1 is 1.03 bits per heavy atom. The molecule has 1 aliphatic rings. The Morgan fingerprint density at radius 2 is 1.89 bits per heavy atom. The molecule has 0 amide bonds. The number of fused-ring (bicyclic) bond motifs is 1. The predicted molar refractivity (Wildman–Crippen MR) is 122 cm³/mol. The van der Waals surface area contributed by atoms with E-state index in [4.69, 9.17) is 9.15 Å². The first-order valence-electron chi connectivity index (χ1n) is 11.2. The molecule has 8 nitrogen and oxygen atoms in total. The lowest BCUT2D eigenvalue weighted by molar-refractivity contribution is -0.287. The number of unbranched alkanes of at least 4 members (excludes halogenated alkanes) is 1. The second kappa shape index (κ2) is 10.1. The van der Waals surface area contributed by atoms with Crippen molar-refractivity contribution < 1.29 is 31.8 Å². The van der Waals surface area contributed by atoms with E-state index in [2.05, 4.69) is 24.8 Å². The molecular formula is C25H21F3N4O4. The Kier molecular flexibility index (Phi) is 6.61. The van der Waals surface area contributed by atoms with Gasteiger partial charge in [-0.3, -0.25) is 4.68 Å². The first-order chi connectivity index (χ1) is 17.4. The topological polar surface area (TPSA) is 84.4 Å². The molecule has 0 unspecified atom stereocenters. The molecule has 0 aliphatic carbocycles. The summed E-state index contributed by atoms with van der Waals surface area (Å²) in [7, 11) is 0. The minimum atomic E-state index is -3.89. The van der Waals surface area contributed by atoms with Gasteiger partial charge in [-0.15, -0.1) is 13.9 Å². The predicted octanol–water partition coefficient (Wildman–Crippen LogP) is 5.50. The maximum absolute atomic E-state index is 14.4. The highest BCUT2D eigenvalue weighted by atomic mass is 19.3. The van der Waals surface area contributed by atoms with Crippen LogP contribution in [0, 0.1) is 5.82 Å². The van der Waals surface area contributed by atoms with Crippen molar-refractivity contribution in [3.63, 3.8) is 0 Å². The van der Waals surface area contributed by atoms with Gasteiger partial charge in [0.25, 0.3) is 0 Å². The molecule has 0 bridgehead atoms. The van der Waals surface area contributed by atoms with Gasteiger partial charge in [-0.1, -0.05) is 17.3 Å². The maximum atomic E-state index is 14.4. The summed E-state index contributed by atoms with van der Waals surface area (Å²) in [6.07, 6.45) is 6.84. The van der Waals surface area contributed by atoms with Crippen LogP contribution in [0.1, 0.15) is 35.6 Å². The van der Waals surface area contributed by atoms with Crippen molar-refractivity contribution in [3.8, 4) is 17.2 Å². The van der Waals surface area contributed by atoms with Gasteiger partial charge in [-0.05, 0) is 55.2 Å². The normalized spacial score (nSPS) is 14.0. The molecule has 4 aromatic rings. The van der Waals surface area contributed by atoms with Crippen LogP contribution in [0.2, 0.25) is 0 Å². The largest absolute Gasteiger partial charge is 0.586 e. The highest BCUT2D eigenvalue weighted by Gasteiger charge is 2.45. The molecule has 0 spiro atoms. The average molecular weight is 498 g/mol. The zero-order valence-corrected chi connectivity index (χ0v) is 18.9. The van der Waals surface area contributed by atoms with Crippen LogP contribution >= 0.6 is 0 Å². The number of aryl methyl sites for hydroxylation is 2. The van der Waals surface area contributed by atoms with Crippen molar-refractivity contribution in [2.45, 2.75) is 38.7 Å². The fourth-order valence-electron chi connectivity index (χ4n) is 3.62. The third-order valence-electron chi connectivity index (χ3n) is 5.40. The van der Waals surface area contributed by atoms with Gasteiger partial charge >= 0.3 is 6.29 Å².